The molecule has 134 valence electrons. The highest BCUT2D eigenvalue weighted by Crippen LogP contribution is 2.33. The number of carbonyl (C=O) groups excluding carboxylic acids is 1. The standard InChI is InChI=1S/C19H24N2O4/c1-4-24-19(23)16-9-20-17-13(3)12(2)5-6-15(17)18(16)21-7-8-25-14(10-21)11-22/h5-6,9,14,22H,4,7-8,10-11H2,1-3H3. The lowest BCUT2D eigenvalue weighted by Crippen LogP contribution is -2.44. The Kier molecular flexibility index (Phi) is 5.20. The Hall–Kier alpha value is -2.18. The summed E-state index contributed by atoms with van der Waals surface area (Å²) in [5, 5.41) is 10.4. The molecule has 6 heteroatoms. The Morgan fingerprint density at radius 2 is 2.24 bits per heavy atom. The van der Waals surface area contributed by atoms with Gasteiger partial charge in [0, 0.05) is 24.7 Å². The summed E-state index contributed by atoms with van der Waals surface area (Å²) < 4.78 is 10.8. The molecule has 0 saturated carbocycles. The molecule has 1 fully saturated rings. The summed E-state index contributed by atoms with van der Waals surface area (Å²) in [5.74, 6) is -0.378. The number of aromatic nitrogens is 1. The number of aliphatic hydroxyl groups is 1. The number of benzene rings is 1. The average molecular weight is 344 g/mol. The molecule has 1 aromatic heterocycles. The highest BCUT2D eigenvalue weighted by molar-refractivity contribution is 6.06. The lowest BCUT2D eigenvalue weighted by atomic mass is 10.0. The minimum atomic E-state index is -0.378. The van der Waals surface area contributed by atoms with Crippen LogP contribution in [0.4, 0.5) is 5.69 Å². The number of nitrogens with zero attached hydrogens (tertiary/aromatic N) is 2. The van der Waals surface area contributed by atoms with Gasteiger partial charge in [0.15, 0.2) is 0 Å². The van der Waals surface area contributed by atoms with Crippen LogP contribution < -0.4 is 4.90 Å². The van der Waals surface area contributed by atoms with Gasteiger partial charge in [-0.05, 0) is 31.9 Å². The second-order valence-electron chi connectivity index (χ2n) is 6.27. The minimum Gasteiger partial charge on any atom is -0.462 e. The second-order valence-corrected chi connectivity index (χ2v) is 6.27. The number of aliphatic hydroxyl groups excluding tert-OH is 1. The summed E-state index contributed by atoms with van der Waals surface area (Å²) in [6.07, 6.45) is 1.34. The van der Waals surface area contributed by atoms with Gasteiger partial charge in [0.1, 0.15) is 5.56 Å². The smallest absolute Gasteiger partial charge is 0.341 e. The van der Waals surface area contributed by atoms with E-state index in [1.165, 1.54) is 0 Å². The molecule has 1 unspecified atom stereocenters. The minimum absolute atomic E-state index is 0.0492. The fourth-order valence-electron chi connectivity index (χ4n) is 3.23. The molecule has 0 aliphatic carbocycles. The van der Waals surface area contributed by atoms with Gasteiger partial charge in [-0.1, -0.05) is 12.1 Å². The molecule has 1 aliphatic rings. The van der Waals surface area contributed by atoms with Gasteiger partial charge in [-0.15, -0.1) is 0 Å². The van der Waals surface area contributed by atoms with Gasteiger partial charge in [0.05, 0.1) is 37.1 Å². The van der Waals surface area contributed by atoms with Crippen LogP contribution in [0.2, 0.25) is 0 Å². The van der Waals surface area contributed by atoms with Gasteiger partial charge in [0.2, 0.25) is 0 Å². The predicted molar refractivity (Wildman–Crippen MR) is 96.2 cm³/mol. The number of hydrogen-bond donors (Lipinski definition) is 1. The number of hydrogen-bond acceptors (Lipinski definition) is 6. The van der Waals surface area contributed by atoms with Gasteiger partial charge in [-0.3, -0.25) is 4.98 Å². The quantitative estimate of drug-likeness (QED) is 0.858. The van der Waals surface area contributed by atoms with Crippen LogP contribution in [0.3, 0.4) is 0 Å². The van der Waals surface area contributed by atoms with Gasteiger partial charge in [-0.2, -0.15) is 0 Å². The first kappa shape index (κ1) is 17.6. The third-order valence-corrected chi connectivity index (χ3v) is 4.69. The molecule has 0 bridgehead atoms. The first-order valence-corrected chi connectivity index (χ1v) is 8.60. The van der Waals surface area contributed by atoms with Crippen molar-refractivity contribution in [3.63, 3.8) is 0 Å². The number of carbonyl (C=O) groups is 1. The summed E-state index contributed by atoms with van der Waals surface area (Å²) in [5.41, 5.74) is 4.41. The molecule has 3 rings (SSSR count). The number of ether oxygens (including phenoxy) is 2. The van der Waals surface area contributed by atoms with Crippen molar-refractivity contribution in [1.29, 1.82) is 0 Å². The van der Waals surface area contributed by atoms with E-state index in [2.05, 4.69) is 9.88 Å². The molecule has 0 radical (unpaired) electrons. The Morgan fingerprint density at radius 3 is 2.96 bits per heavy atom. The monoisotopic (exact) mass is 344 g/mol. The highest BCUT2D eigenvalue weighted by atomic mass is 16.5. The van der Waals surface area contributed by atoms with Crippen LogP contribution in [-0.2, 0) is 9.47 Å². The first-order valence-electron chi connectivity index (χ1n) is 8.60. The molecule has 1 saturated heterocycles. The zero-order valence-electron chi connectivity index (χ0n) is 14.9. The summed E-state index contributed by atoms with van der Waals surface area (Å²) in [6.45, 7) is 7.81. The third kappa shape index (κ3) is 3.32. The zero-order chi connectivity index (χ0) is 18.0. The molecule has 1 atom stereocenters. The Bertz CT molecular complexity index is 791. The number of aryl methyl sites for hydroxylation is 2. The van der Waals surface area contributed by atoms with Crippen LogP contribution in [0.1, 0.15) is 28.4 Å². The summed E-state index contributed by atoms with van der Waals surface area (Å²) >= 11 is 0. The second kappa shape index (κ2) is 7.37. The van der Waals surface area contributed by atoms with Crippen LogP contribution in [0.25, 0.3) is 10.9 Å². The Balaban J connectivity index is 2.18. The van der Waals surface area contributed by atoms with Crippen LogP contribution in [0.5, 0.6) is 0 Å². The summed E-state index contributed by atoms with van der Waals surface area (Å²) in [6, 6.07) is 4.05. The maximum Gasteiger partial charge on any atom is 0.341 e. The van der Waals surface area contributed by atoms with Crippen LogP contribution in [0, 0.1) is 13.8 Å². The molecule has 0 amide bonds. The van der Waals surface area contributed by atoms with E-state index in [0.717, 1.165) is 27.7 Å². The summed E-state index contributed by atoms with van der Waals surface area (Å²) in [4.78, 5) is 19.1. The van der Waals surface area contributed by atoms with Crippen LogP contribution in [-0.4, -0.2) is 55.1 Å². The molecule has 2 heterocycles. The largest absolute Gasteiger partial charge is 0.462 e. The molecule has 1 N–H and O–H groups in total. The van der Waals surface area contributed by atoms with Crippen LogP contribution in [0.15, 0.2) is 18.3 Å². The summed E-state index contributed by atoms with van der Waals surface area (Å²) in [7, 11) is 0. The van der Waals surface area contributed by atoms with E-state index >= 15 is 0 Å². The molecular formula is C19H24N2O4. The fraction of sp³-hybridized carbons (Fsp3) is 0.474. The van der Waals surface area contributed by atoms with Gasteiger partial charge >= 0.3 is 5.97 Å². The lowest BCUT2D eigenvalue weighted by molar-refractivity contribution is 0.00353. The molecule has 1 aliphatic heterocycles. The van der Waals surface area contributed by atoms with E-state index in [4.69, 9.17) is 9.47 Å². The molecule has 2 aromatic rings. The number of morpholine rings is 1. The van der Waals surface area contributed by atoms with Crippen molar-refractivity contribution in [2.75, 3.05) is 37.8 Å². The maximum atomic E-state index is 12.5. The number of anilines is 1. The van der Waals surface area contributed by atoms with E-state index in [9.17, 15) is 9.90 Å². The molecule has 25 heavy (non-hydrogen) atoms. The van der Waals surface area contributed by atoms with Crippen LogP contribution >= 0.6 is 0 Å². The topological polar surface area (TPSA) is 71.9 Å². The Labute approximate surface area is 147 Å². The zero-order valence-corrected chi connectivity index (χ0v) is 14.9. The van der Waals surface area contributed by atoms with Crippen molar-refractivity contribution >= 4 is 22.6 Å². The maximum absolute atomic E-state index is 12.5. The normalized spacial score (nSPS) is 17.8. The SMILES string of the molecule is CCOC(=O)c1cnc2c(C)c(C)ccc2c1N1CCOC(CO)C1. The third-order valence-electron chi connectivity index (χ3n) is 4.69. The molecule has 1 aromatic carbocycles. The van der Waals surface area contributed by atoms with Gasteiger partial charge in [0.25, 0.3) is 0 Å². The number of pyridine rings is 1. The van der Waals surface area contributed by atoms with E-state index in [1.54, 1.807) is 13.1 Å². The van der Waals surface area contributed by atoms with Crippen molar-refractivity contribution in [1.82, 2.24) is 4.98 Å². The van der Waals surface area contributed by atoms with E-state index in [-0.39, 0.29) is 18.7 Å². The van der Waals surface area contributed by atoms with Crippen molar-refractivity contribution in [2.45, 2.75) is 26.9 Å². The van der Waals surface area contributed by atoms with Crippen molar-refractivity contribution in [3.05, 3.63) is 35.0 Å². The lowest BCUT2D eigenvalue weighted by Gasteiger charge is -2.35. The number of esters is 1. The molecule has 6 nitrogen and oxygen atoms in total. The van der Waals surface area contributed by atoms with Crippen molar-refractivity contribution in [3.8, 4) is 0 Å². The number of rotatable bonds is 4. The highest BCUT2D eigenvalue weighted by Gasteiger charge is 2.27. The van der Waals surface area contributed by atoms with Crippen molar-refractivity contribution < 1.29 is 19.4 Å². The van der Waals surface area contributed by atoms with Gasteiger partial charge < -0.3 is 19.5 Å². The van der Waals surface area contributed by atoms with Gasteiger partial charge in [-0.25, -0.2) is 4.79 Å². The van der Waals surface area contributed by atoms with E-state index < -0.39 is 0 Å². The van der Waals surface area contributed by atoms with E-state index in [0.29, 0.717) is 31.9 Å². The molecular weight excluding hydrogens is 320 g/mol. The first-order chi connectivity index (χ1) is 12.1. The average Bonchev–Trinajstić information content (AvgIpc) is 2.64. The van der Waals surface area contributed by atoms with E-state index in [1.807, 2.05) is 26.0 Å². The van der Waals surface area contributed by atoms with Crippen molar-refractivity contribution in [2.24, 2.45) is 0 Å². The number of fused-ring (bicyclic) bond motifs is 1. The predicted octanol–water partition coefficient (Wildman–Crippen LogP) is 2.23. The molecule has 0 spiro atoms. The fourth-order valence-corrected chi connectivity index (χ4v) is 3.23. The Morgan fingerprint density at radius 1 is 1.44 bits per heavy atom.